The molecule has 1 nitrogen and oxygen atoms in total. The highest BCUT2D eigenvalue weighted by Gasteiger charge is 2.00. The van der Waals surface area contributed by atoms with E-state index in [9.17, 15) is 0 Å². The van der Waals surface area contributed by atoms with Crippen LogP contribution in [0.15, 0.2) is 48.7 Å². The third kappa shape index (κ3) is 2.19. The van der Waals surface area contributed by atoms with Crippen LogP contribution in [-0.4, -0.2) is 4.98 Å². The number of nitrogens with zero attached hydrogens (tertiary/aromatic N) is 1. The Morgan fingerprint density at radius 3 is 2.44 bits per heavy atom. The van der Waals surface area contributed by atoms with Crippen molar-refractivity contribution in [3.63, 3.8) is 0 Å². The van der Waals surface area contributed by atoms with Gasteiger partial charge in [0.05, 0.1) is 5.69 Å². The number of benzene rings is 1. The molecule has 0 atom stereocenters. The van der Waals surface area contributed by atoms with Crippen molar-refractivity contribution in [3.05, 3.63) is 59.9 Å². The van der Waals surface area contributed by atoms with Crippen molar-refractivity contribution in [2.24, 2.45) is 0 Å². The Bertz CT molecular complexity index is 498. The van der Waals surface area contributed by atoms with E-state index in [0.29, 0.717) is 0 Å². The molecule has 1 aromatic heterocycles. The Labute approximate surface area is 96.5 Å². The van der Waals surface area contributed by atoms with E-state index in [1.54, 1.807) is 0 Å². The average molecular weight is 209 g/mol. The van der Waals surface area contributed by atoms with Gasteiger partial charge < -0.3 is 0 Å². The Morgan fingerprint density at radius 2 is 1.81 bits per heavy atom. The molecule has 1 aromatic carbocycles. The van der Waals surface area contributed by atoms with Gasteiger partial charge in [0.25, 0.3) is 0 Å². The molecular formula is C15H15N. The number of pyridine rings is 1. The molecular weight excluding hydrogens is 194 g/mol. The summed E-state index contributed by atoms with van der Waals surface area (Å²) in [5, 5.41) is 0. The molecule has 0 saturated carbocycles. The van der Waals surface area contributed by atoms with E-state index in [1.807, 2.05) is 43.5 Å². The second-order valence-corrected chi connectivity index (χ2v) is 3.79. The summed E-state index contributed by atoms with van der Waals surface area (Å²) < 4.78 is 0. The van der Waals surface area contributed by atoms with Gasteiger partial charge in [-0.25, -0.2) is 0 Å². The lowest BCUT2D eigenvalue weighted by molar-refractivity contribution is 1.24. The van der Waals surface area contributed by atoms with E-state index < -0.39 is 0 Å². The van der Waals surface area contributed by atoms with Gasteiger partial charge in [0, 0.05) is 11.8 Å². The van der Waals surface area contributed by atoms with Crippen LogP contribution in [0.4, 0.5) is 0 Å². The Balaban J connectivity index is 2.42. The molecule has 0 amide bonds. The minimum Gasteiger partial charge on any atom is -0.256 e. The largest absolute Gasteiger partial charge is 0.256 e. The second-order valence-electron chi connectivity index (χ2n) is 3.79. The summed E-state index contributed by atoms with van der Waals surface area (Å²) in [5.41, 5.74) is 4.64. The van der Waals surface area contributed by atoms with Crippen LogP contribution in [0.5, 0.6) is 0 Å². The summed E-state index contributed by atoms with van der Waals surface area (Å²) >= 11 is 0. The predicted molar refractivity (Wildman–Crippen MR) is 69.1 cm³/mol. The smallest absolute Gasteiger partial charge is 0.0655 e. The van der Waals surface area contributed by atoms with E-state index in [2.05, 4.69) is 30.1 Å². The van der Waals surface area contributed by atoms with E-state index in [4.69, 9.17) is 0 Å². The van der Waals surface area contributed by atoms with E-state index in [1.165, 1.54) is 16.7 Å². The third-order valence-corrected chi connectivity index (χ3v) is 2.55. The quantitative estimate of drug-likeness (QED) is 0.726. The highest BCUT2D eigenvalue weighted by Crippen LogP contribution is 2.20. The summed E-state index contributed by atoms with van der Waals surface area (Å²) in [6.45, 7) is 4.10. The molecule has 2 aromatic rings. The first-order chi connectivity index (χ1) is 7.81. The fraction of sp³-hybridized carbons (Fsp3) is 0.133. The average Bonchev–Trinajstić information content (AvgIpc) is 2.33. The van der Waals surface area contributed by atoms with Gasteiger partial charge in [-0.1, -0.05) is 36.4 Å². The number of hydrogen-bond acceptors (Lipinski definition) is 1. The summed E-state index contributed by atoms with van der Waals surface area (Å²) in [6, 6.07) is 12.5. The normalized spacial score (nSPS) is 10.9. The summed E-state index contributed by atoms with van der Waals surface area (Å²) in [4.78, 5) is 4.46. The molecule has 0 fully saturated rings. The van der Waals surface area contributed by atoms with E-state index >= 15 is 0 Å². The Kier molecular flexibility index (Phi) is 3.16. The maximum atomic E-state index is 4.46. The third-order valence-electron chi connectivity index (χ3n) is 2.55. The van der Waals surface area contributed by atoms with E-state index in [0.717, 1.165) is 5.69 Å². The lowest BCUT2D eigenvalue weighted by atomic mass is 10.0. The van der Waals surface area contributed by atoms with Gasteiger partial charge in [-0.3, -0.25) is 4.98 Å². The molecule has 0 unspecified atom stereocenters. The molecule has 1 heteroatoms. The van der Waals surface area contributed by atoms with Crippen LogP contribution in [0.2, 0.25) is 0 Å². The van der Waals surface area contributed by atoms with Gasteiger partial charge in [0.2, 0.25) is 0 Å². The minimum absolute atomic E-state index is 1.04. The van der Waals surface area contributed by atoms with Crippen molar-refractivity contribution >= 4 is 6.08 Å². The first-order valence-electron chi connectivity index (χ1n) is 5.46. The van der Waals surface area contributed by atoms with Gasteiger partial charge in [-0.05, 0) is 37.1 Å². The highest BCUT2D eigenvalue weighted by molar-refractivity contribution is 5.65. The molecule has 0 aliphatic heterocycles. The monoisotopic (exact) mass is 209 g/mol. The van der Waals surface area contributed by atoms with Crippen molar-refractivity contribution in [2.75, 3.05) is 0 Å². The van der Waals surface area contributed by atoms with Crippen molar-refractivity contribution in [1.29, 1.82) is 0 Å². The summed E-state index contributed by atoms with van der Waals surface area (Å²) in [7, 11) is 0. The van der Waals surface area contributed by atoms with Crippen molar-refractivity contribution in [3.8, 4) is 11.1 Å². The topological polar surface area (TPSA) is 12.9 Å². The zero-order chi connectivity index (χ0) is 11.4. The first-order valence-corrected chi connectivity index (χ1v) is 5.46. The van der Waals surface area contributed by atoms with Gasteiger partial charge in [-0.2, -0.15) is 0 Å². The number of aryl methyl sites for hydroxylation is 1. The maximum Gasteiger partial charge on any atom is 0.0655 e. The SMILES string of the molecule is C/C=C\c1ncc(-c2ccccc2)cc1C. The van der Waals surface area contributed by atoms with Crippen molar-refractivity contribution < 1.29 is 0 Å². The molecule has 0 radical (unpaired) electrons. The van der Waals surface area contributed by atoms with E-state index in [-0.39, 0.29) is 0 Å². The van der Waals surface area contributed by atoms with Gasteiger partial charge in [0.15, 0.2) is 0 Å². The number of hydrogen-bond donors (Lipinski definition) is 0. The Morgan fingerprint density at radius 1 is 1.06 bits per heavy atom. The molecule has 0 saturated heterocycles. The number of aromatic nitrogens is 1. The van der Waals surface area contributed by atoms with Gasteiger partial charge in [-0.15, -0.1) is 0 Å². The van der Waals surface area contributed by atoms with Crippen LogP contribution >= 0.6 is 0 Å². The van der Waals surface area contributed by atoms with Crippen molar-refractivity contribution in [1.82, 2.24) is 4.98 Å². The van der Waals surface area contributed by atoms with Crippen LogP contribution in [0.1, 0.15) is 18.2 Å². The molecule has 0 N–H and O–H groups in total. The Hall–Kier alpha value is -1.89. The second kappa shape index (κ2) is 4.75. The molecule has 0 aliphatic rings. The number of rotatable bonds is 2. The lowest BCUT2D eigenvalue weighted by Crippen LogP contribution is -1.88. The number of allylic oxidation sites excluding steroid dienone is 1. The molecule has 0 aliphatic carbocycles. The van der Waals surface area contributed by atoms with Crippen LogP contribution in [0.3, 0.4) is 0 Å². The van der Waals surface area contributed by atoms with Gasteiger partial charge in [0.1, 0.15) is 0 Å². The molecule has 80 valence electrons. The van der Waals surface area contributed by atoms with Crippen LogP contribution in [0, 0.1) is 6.92 Å². The minimum atomic E-state index is 1.04. The molecule has 2 rings (SSSR count). The summed E-state index contributed by atoms with van der Waals surface area (Å²) in [6.07, 6.45) is 5.97. The molecule has 16 heavy (non-hydrogen) atoms. The fourth-order valence-corrected chi connectivity index (χ4v) is 1.71. The van der Waals surface area contributed by atoms with Crippen LogP contribution in [0.25, 0.3) is 17.2 Å². The highest BCUT2D eigenvalue weighted by atomic mass is 14.7. The first kappa shape index (κ1) is 10.6. The zero-order valence-electron chi connectivity index (χ0n) is 9.64. The zero-order valence-corrected chi connectivity index (χ0v) is 9.64. The van der Waals surface area contributed by atoms with Crippen molar-refractivity contribution in [2.45, 2.75) is 13.8 Å². The van der Waals surface area contributed by atoms with Crippen LogP contribution in [-0.2, 0) is 0 Å². The fourth-order valence-electron chi connectivity index (χ4n) is 1.71. The maximum absolute atomic E-state index is 4.46. The molecule has 1 heterocycles. The molecule has 0 bridgehead atoms. The van der Waals surface area contributed by atoms with Gasteiger partial charge >= 0.3 is 0 Å². The van der Waals surface area contributed by atoms with Crippen LogP contribution < -0.4 is 0 Å². The standard InChI is InChI=1S/C15H15N/c1-3-7-15-12(2)10-14(11-16-15)13-8-5-4-6-9-13/h3-11H,1-2H3/b7-3-. The lowest BCUT2D eigenvalue weighted by Gasteiger charge is -2.04. The predicted octanol–water partition coefficient (Wildman–Crippen LogP) is 4.09. The molecule has 0 spiro atoms. The summed E-state index contributed by atoms with van der Waals surface area (Å²) in [5.74, 6) is 0.